The molecule has 0 amide bonds. The van der Waals surface area contributed by atoms with Crippen LogP contribution in [-0.2, 0) is 14.6 Å². The molecule has 0 rings (SSSR count). The van der Waals surface area contributed by atoms with Crippen LogP contribution in [0, 0.1) is 5.92 Å². The average Bonchev–Trinajstić information content (AvgIpc) is 2.10. The highest BCUT2D eigenvalue weighted by molar-refractivity contribution is 5.66. The van der Waals surface area contributed by atoms with Crippen molar-refractivity contribution in [2.24, 2.45) is 5.92 Å². The number of carboxylic acid groups (broad SMARTS) is 1. The Bertz CT molecular complexity index is 196. The molecule has 16 heavy (non-hydrogen) atoms. The summed E-state index contributed by atoms with van der Waals surface area (Å²) in [5, 5.41) is 8.72. The Morgan fingerprint density at radius 2 is 1.94 bits per heavy atom. The molecule has 0 radical (unpaired) electrons. The van der Waals surface area contributed by atoms with E-state index in [0.717, 1.165) is 19.3 Å². The van der Waals surface area contributed by atoms with Gasteiger partial charge in [0.2, 0.25) is 0 Å². The van der Waals surface area contributed by atoms with Gasteiger partial charge in [0.25, 0.3) is 0 Å². The van der Waals surface area contributed by atoms with E-state index >= 15 is 0 Å². The quantitative estimate of drug-likeness (QED) is 0.397. The molecule has 0 saturated heterocycles. The van der Waals surface area contributed by atoms with Gasteiger partial charge in [-0.25, -0.2) is 9.78 Å². The van der Waals surface area contributed by atoms with Gasteiger partial charge in [0, 0.05) is 6.42 Å². The zero-order valence-electron chi connectivity index (χ0n) is 10.8. The smallest absolute Gasteiger partial charge is 0.303 e. The highest BCUT2D eigenvalue weighted by atomic mass is 17.2. The summed E-state index contributed by atoms with van der Waals surface area (Å²) < 4.78 is 0. The van der Waals surface area contributed by atoms with Crippen LogP contribution in [0.4, 0.5) is 0 Å². The lowest BCUT2D eigenvalue weighted by atomic mass is 9.97. The van der Waals surface area contributed by atoms with Crippen molar-refractivity contribution in [3.8, 4) is 0 Å². The molecule has 0 aliphatic rings. The van der Waals surface area contributed by atoms with Crippen molar-refractivity contribution in [1.29, 1.82) is 0 Å². The lowest BCUT2D eigenvalue weighted by Crippen LogP contribution is -2.20. The van der Waals surface area contributed by atoms with Crippen LogP contribution in [0.25, 0.3) is 0 Å². The minimum Gasteiger partial charge on any atom is -0.481 e. The standard InChI is InChI=1S/C12H24O4/c1-5-6-10(9-11(13)14)7-8-15-16-12(2,3)4/h10H,5-9H2,1-4H3,(H,13,14). The molecule has 0 aromatic rings. The number of rotatable bonds is 8. The topological polar surface area (TPSA) is 55.8 Å². The van der Waals surface area contributed by atoms with Crippen molar-refractivity contribution >= 4 is 5.97 Å². The Balaban J connectivity index is 3.71. The molecule has 0 aromatic carbocycles. The maximum Gasteiger partial charge on any atom is 0.303 e. The van der Waals surface area contributed by atoms with E-state index in [1.54, 1.807) is 0 Å². The first kappa shape index (κ1) is 15.4. The van der Waals surface area contributed by atoms with Crippen molar-refractivity contribution in [1.82, 2.24) is 0 Å². The Kier molecular flexibility index (Phi) is 7.34. The lowest BCUT2D eigenvalue weighted by molar-refractivity contribution is -0.349. The minimum atomic E-state index is -0.741. The normalized spacial score (nSPS) is 13.8. The summed E-state index contributed by atoms with van der Waals surface area (Å²) in [6.45, 7) is 8.24. The van der Waals surface area contributed by atoms with Crippen LogP contribution >= 0.6 is 0 Å². The van der Waals surface area contributed by atoms with Gasteiger partial charge in [-0.05, 0) is 33.1 Å². The molecular weight excluding hydrogens is 208 g/mol. The molecule has 0 aliphatic carbocycles. The van der Waals surface area contributed by atoms with Crippen LogP contribution in [-0.4, -0.2) is 23.3 Å². The van der Waals surface area contributed by atoms with Crippen LogP contribution in [0.1, 0.15) is 53.4 Å². The largest absolute Gasteiger partial charge is 0.481 e. The van der Waals surface area contributed by atoms with E-state index in [2.05, 4.69) is 6.92 Å². The molecule has 0 aliphatic heterocycles. The Labute approximate surface area is 97.9 Å². The maximum absolute atomic E-state index is 10.6. The van der Waals surface area contributed by atoms with Crippen molar-refractivity contribution in [2.45, 2.75) is 59.0 Å². The Morgan fingerprint density at radius 3 is 2.38 bits per heavy atom. The Hall–Kier alpha value is -0.610. The summed E-state index contributed by atoms with van der Waals surface area (Å²) in [6, 6.07) is 0. The summed E-state index contributed by atoms with van der Waals surface area (Å²) in [5.74, 6) is -0.554. The second kappa shape index (κ2) is 7.63. The number of hydrogen-bond acceptors (Lipinski definition) is 3. The molecule has 0 aromatic heterocycles. The SMILES string of the molecule is CCCC(CCOOC(C)(C)C)CC(=O)O. The first-order valence-corrected chi connectivity index (χ1v) is 5.87. The second-order valence-electron chi connectivity index (χ2n) is 5.06. The van der Waals surface area contributed by atoms with Gasteiger partial charge < -0.3 is 5.11 Å². The van der Waals surface area contributed by atoms with E-state index in [0.29, 0.717) is 6.61 Å². The predicted octanol–water partition coefficient (Wildman–Crippen LogP) is 3.01. The lowest BCUT2D eigenvalue weighted by Gasteiger charge is -2.19. The molecule has 0 heterocycles. The fourth-order valence-electron chi connectivity index (χ4n) is 1.44. The zero-order chi connectivity index (χ0) is 12.6. The molecule has 4 heteroatoms. The van der Waals surface area contributed by atoms with Gasteiger partial charge in [0.05, 0.1) is 12.2 Å². The molecule has 96 valence electrons. The van der Waals surface area contributed by atoms with E-state index in [1.165, 1.54) is 0 Å². The molecular formula is C12H24O4. The fourth-order valence-corrected chi connectivity index (χ4v) is 1.44. The van der Waals surface area contributed by atoms with Crippen molar-refractivity contribution in [3.63, 3.8) is 0 Å². The maximum atomic E-state index is 10.6. The van der Waals surface area contributed by atoms with Gasteiger partial charge in [-0.2, -0.15) is 0 Å². The van der Waals surface area contributed by atoms with Gasteiger partial charge >= 0.3 is 5.97 Å². The molecule has 0 spiro atoms. The third kappa shape index (κ3) is 9.93. The molecule has 1 unspecified atom stereocenters. The number of hydrogen-bond donors (Lipinski definition) is 1. The van der Waals surface area contributed by atoms with Crippen molar-refractivity contribution < 1.29 is 19.7 Å². The van der Waals surface area contributed by atoms with Gasteiger partial charge in [-0.1, -0.05) is 19.8 Å². The van der Waals surface area contributed by atoms with Crippen LogP contribution in [0.2, 0.25) is 0 Å². The van der Waals surface area contributed by atoms with Crippen LogP contribution in [0.15, 0.2) is 0 Å². The van der Waals surface area contributed by atoms with Gasteiger partial charge in [0.15, 0.2) is 0 Å². The number of carboxylic acids is 1. The van der Waals surface area contributed by atoms with E-state index in [9.17, 15) is 4.79 Å². The van der Waals surface area contributed by atoms with E-state index in [-0.39, 0.29) is 17.9 Å². The summed E-state index contributed by atoms with van der Waals surface area (Å²) in [4.78, 5) is 20.8. The molecule has 0 bridgehead atoms. The molecule has 1 N–H and O–H groups in total. The van der Waals surface area contributed by atoms with E-state index in [4.69, 9.17) is 14.9 Å². The van der Waals surface area contributed by atoms with E-state index < -0.39 is 5.97 Å². The van der Waals surface area contributed by atoms with Gasteiger partial charge in [-0.3, -0.25) is 4.79 Å². The highest BCUT2D eigenvalue weighted by Crippen LogP contribution is 2.16. The molecule has 0 saturated carbocycles. The molecule has 4 nitrogen and oxygen atoms in total. The number of aliphatic carboxylic acids is 1. The second-order valence-corrected chi connectivity index (χ2v) is 5.06. The van der Waals surface area contributed by atoms with Gasteiger partial charge in [0.1, 0.15) is 0 Å². The third-order valence-corrected chi connectivity index (χ3v) is 2.08. The number of carbonyl (C=O) groups is 1. The van der Waals surface area contributed by atoms with E-state index in [1.807, 2.05) is 20.8 Å². The van der Waals surface area contributed by atoms with Crippen molar-refractivity contribution in [3.05, 3.63) is 0 Å². The highest BCUT2D eigenvalue weighted by Gasteiger charge is 2.14. The molecule has 1 atom stereocenters. The van der Waals surface area contributed by atoms with Crippen LogP contribution in [0.5, 0.6) is 0 Å². The predicted molar refractivity (Wildman–Crippen MR) is 62.1 cm³/mol. The summed E-state index contributed by atoms with van der Waals surface area (Å²) >= 11 is 0. The van der Waals surface area contributed by atoms with Gasteiger partial charge in [-0.15, -0.1) is 0 Å². The first-order valence-electron chi connectivity index (χ1n) is 5.87. The van der Waals surface area contributed by atoms with Crippen LogP contribution in [0.3, 0.4) is 0 Å². The fraction of sp³-hybridized carbons (Fsp3) is 0.917. The summed E-state index contributed by atoms with van der Waals surface area (Å²) in [7, 11) is 0. The Morgan fingerprint density at radius 1 is 1.31 bits per heavy atom. The third-order valence-electron chi connectivity index (χ3n) is 2.08. The summed E-state index contributed by atoms with van der Waals surface area (Å²) in [5.41, 5.74) is -0.312. The first-order chi connectivity index (χ1) is 7.35. The zero-order valence-corrected chi connectivity index (χ0v) is 10.8. The average molecular weight is 232 g/mol. The molecule has 0 fully saturated rings. The minimum absolute atomic E-state index is 0.186. The summed E-state index contributed by atoms with van der Waals surface area (Å²) in [6.07, 6.45) is 2.87. The monoisotopic (exact) mass is 232 g/mol. The van der Waals surface area contributed by atoms with Crippen LogP contribution < -0.4 is 0 Å². The van der Waals surface area contributed by atoms with Crippen molar-refractivity contribution in [2.75, 3.05) is 6.61 Å².